The number of nitrogens with one attached hydrogen (secondary N) is 1. The summed E-state index contributed by atoms with van der Waals surface area (Å²) in [6.07, 6.45) is 2.39. The van der Waals surface area contributed by atoms with E-state index in [9.17, 15) is 8.42 Å². The van der Waals surface area contributed by atoms with Gasteiger partial charge in [0.1, 0.15) is 0 Å². The van der Waals surface area contributed by atoms with Gasteiger partial charge in [0.05, 0.1) is 28.7 Å². The van der Waals surface area contributed by atoms with E-state index in [4.69, 9.17) is 4.74 Å². The van der Waals surface area contributed by atoms with Crippen molar-refractivity contribution in [1.82, 2.24) is 9.71 Å². The first-order valence-electron chi connectivity index (χ1n) is 7.73. The SMILES string of the molecule is CC1CCC(CS(=O)(=O)NCCc2csc(C(C)(C)C)n2)O1. The average Bonchev–Trinajstić information content (AvgIpc) is 2.97. The predicted octanol–water partition coefficient (Wildman–Crippen LogP) is 2.47. The number of nitrogens with zero attached hydrogens (tertiary/aromatic N) is 1. The van der Waals surface area contributed by atoms with Gasteiger partial charge in [-0.2, -0.15) is 0 Å². The van der Waals surface area contributed by atoms with E-state index in [1.54, 1.807) is 11.3 Å². The van der Waals surface area contributed by atoms with Gasteiger partial charge in [-0.05, 0) is 19.8 Å². The van der Waals surface area contributed by atoms with Crippen molar-refractivity contribution in [1.29, 1.82) is 0 Å². The molecule has 2 rings (SSSR count). The van der Waals surface area contributed by atoms with E-state index in [0.717, 1.165) is 23.5 Å². The van der Waals surface area contributed by atoms with Crippen molar-refractivity contribution in [2.75, 3.05) is 12.3 Å². The second kappa shape index (κ2) is 6.95. The van der Waals surface area contributed by atoms with E-state index in [-0.39, 0.29) is 23.4 Å². The molecule has 1 aromatic rings. The highest BCUT2D eigenvalue weighted by molar-refractivity contribution is 7.89. The van der Waals surface area contributed by atoms with Gasteiger partial charge in [-0.3, -0.25) is 0 Å². The van der Waals surface area contributed by atoms with Gasteiger partial charge in [-0.25, -0.2) is 18.1 Å². The number of rotatable bonds is 6. The Hall–Kier alpha value is -0.500. The van der Waals surface area contributed by atoms with E-state index < -0.39 is 10.0 Å². The van der Waals surface area contributed by atoms with Crippen LogP contribution in [0.3, 0.4) is 0 Å². The van der Waals surface area contributed by atoms with E-state index in [2.05, 4.69) is 30.5 Å². The van der Waals surface area contributed by atoms with Gasteiger partial charge in [0, 0.05) is 23.8 Å². The molecule has 1 saturated heterocycles. The standard InChI is InChI=1S/C15H26N2O3S2/c1-11-5-6-13(20-11)10-22(18,19)16-8-7-12-9-21-14(17-12)15(2,3)4/h9,11,13,16H,5-8,10H2,1-4H3. The first kappa shape index (κ1) is 17.8. The van der Waals surface area contributed by atoms with Gasteiger partial charge in [-0.15, -0.1) is 11.3 Å². The Kier molecular flexibility index (Phi) is 5.63. The fourth-order valence-corrected chi connectivity index (χ4v) is 4.62. The highest BCUT2D eigenvalue weighted by atomic mass is 32.2. The van der Waals surface area contributed by atoms with Crippen LogP contribution < -0.4 is 4.72 Å². The molecule has 7 heteroatoms. The monoisotopic (exact) mass is 346 g/mol. The van der Waals surface area contributed by atoms with Crippen molar-refractivity contribution >= 4 is 21.4 Å². The molecule has 1 fully saturated rings. The van der Waals surface area contributed by atoms with Crippen molar-refractivity contribution in [2.24, 2.45) is 0 Å². The number of hydrogen-bond donors (Lipinski definition) is 1. The van der Waals surface area contributed by atoms with E-state index in [0.29, 0.717) is 13.0 Å². The fourth-order valence-electron chi connectivity index (χ4n) is 2.41. The third-order valence-corrected chi connectivity index (χ3v) is 6.39. The molecule has 2 heterocycles. The van der Waals surface area contributed by atoms with Crippen molar-refractivity contribution in [3.63, 3.8) is 0 Å². The Balaban J connectivity index is 1.79. The van der Waals surface area contributed by atoms with Gasteiger partial charge >= 0.3 is 0 Å². The zero-order chi connectivity index (χ0) is 16.4. The largest absolute Gasteiger partial charge is 0.374 e. The molecule has 2 atom stereocenters. The summed E-state index contributed by atoms with van der Waals surface area (Å²) in [5.41, 5.74) is 0.988. The topological polar surface area (TPSA) is 68.3 Å². The quantitative estimate of drug-likeness (QED) is 0.859. The maximum Gasteiger partial charge on any atom is 0.214 e. The van der Waals surface area contributed by atoms with Crippen LogP contribution in [-0.2, 0) is 26.6 Å². The van der Waals surface area contributed by atoms with Crippen LogP contribution in [0.2, 0.25) is 0 Å². The molecule has 1 aliphatic heterocycles. The highest BCUT2D eigenvalue weighted by Gasteiger charge is 2.26. The molecule has 1 N–H and O–H groups in total. The third kappa shape index (κ3) is 5.30. The zero-order valence-corrected chi connectivity index (χ0v) is 15.4. The molecule has 126 valence electrons. The average molecular weight is 347 g/mol. The Bertz CT molecular complexity index is 590. The minimum absolute atomic E-state index is 0.0406. The summed E-state index contributed by atoms with van der Waals surface area (Å²) < 4.78 is 32.3. The van der Waals surface area contributed by atoms with Crippen molar-refractivity contribution in [3.8, 4) is 0 Å². The zero-order valence-electron chi connectivity index (χ0n) is 13.8. The molecule has 0 bridgehead atoms. The van der Waals surface area contributed by atoms with Crippen LogP contribution in [0.5, 0.6) is 0 Å². The van der Waals surface area contributed by atoms with Crippen LogP contribution >= 0.6 is 11.3 Å². The fraction of sp³-hybridized carbons (Fsp3) is 0.800. The molecular weight excluding hydrogens is 320 g/mol. The lowest BCUT2D eigenvalue weighted by Crippen LogP contribution is -2.33. The smallest absolute Gasteiger partial charge is 0.214 e. The summed E-state index contributed by atoms with van der Waals surface area (Å²) in [4.78, 5) is 4.57. The summed E-state index contributed by atoms with van der Waals surface area (Å²) in [5, 5.41) is 3.09. The third-order valence-electron chi connectivity index (χ3n) is 3.62. The predicted molar refractivity (Wildman–Crippen MR) is 89.9 cm³/mol. The van der Waals surface area contributed by atoms with Gasteiger partial charge in [-0.1, -0.05) is 20.8 Å². The normalized spacial score (nSPS) is 23.1. The minimum Gasteiger partial charge on any atom is -0.374 e. The molecule has 0 aliphatic carbocycles. The molecule has 1 aliphatic rings. The first-order chi connectivity index (χ1) is 10.2. The van der Waals surface area contributed by atoms with Crippen LogP contribution in [0.15, 0.2) is 5.38 Å². The van der Waals surface area contributed by atoms with Crippen LogP contribution in [0.25, 0.3) is 0 Å². The van der Waals surface area contributed by atoms with Crippen molar-refractivity contribution < 1.29 is 13.2 Å². The second-order valence-electron chi connectivity index (χ2n) is 6.97. The summed E-state index contributed by atoms with van der Waals surface area (Å²) in [5.74, 6) is 0.0572. The van der Waals surface area contributed by atoms with E-state index in [1.807, 2.05) is 12.3 Å². The summed E-state index contributed by atoms with van der Waals surface area (Å²) in [7, 11) is -3.28. The Morgan fingerprint density at radius 1 is 1.41 bits per heavy atom. The molecule has 0 aromatic carbocycles. The number of hydrogen-bond acceptors (Lipinski definition) is 5. The van der Waals surface area contributed by atoms with Crippen LogP contribution in [0.4, 0.5) is 0 Å². The molecule has 1 aromatic heterocycles. The second-order valence-corrected chi connectivity index (χ2v) is 9.68. The lowest BCUT2D eigenvalue weighted by Gasteiger charge is -2.13. The first-order valence-corrected chi connectivity index (χ1v) is 10.3. The maximum atomic E-state index is 12.0. The molecule has 2 unspecified atom stereocenters. The van der Waals surface area contributed by atoms with Crippen LogP contribution in [-0.4, -0.2) is 37.9 Å². The van der Waals surface area contributed by atoms with Crippen molar-refractivity contribution in [3.05, 3.63) is 16.1 Å². The van der Waals surface area contributed by atoms with E-state index in [1.165, 1.54) is 0 Å². The van der Waals surface area contributed by atoms with Gasteiger partial charge in [0.15, 0.2) is 0 Å². The summed E-state index contributed by atoms with van der Waals surface area (Å²) in [6, 6.07) is 0. The Labute approximate surface area is 137 Å². The number of ether oxygens (including phenoxy) is 1. The number of aromatic nitrogens is 1. The van der Waals surface area contributed by atoms with E-state index >= 15 is 0 Å². The van der Waals surface area contributed by atoms with Gasteiger partial charge < -0.3 is 4.74 Å². The van der Waals surface area contributed by atoms with Gasteiger partial charge in [0.25, 0.3) is 0 Å². The van der Waals surface area contributed by atoms with Gasteiger partial charge in [0.2, 0.25) is 10.0 Å². The molecule has 22 heavy (non-hydrogen) atoms. The maximum absolute atomic E-state index is 12.0. The number of sulfonamides is 1. The lowest BCUT2D eigenvalue weighted by atomic mass is 9.98. The molecule has 0 saturated carbocycles. The molecule has 0 spiro atoms. The Morgan fingerprint density at radius 3 is 2.68 bits per heavy atom. The summed E-state index contributed by atoms with van der Waals surface area (Å²) >= 11 is 1.63. The van der Waals surface area contributed by atoms with Crippen molar-refractivity contribution in [2.45, 2.75) is 64.6 Å². The molecule has 5 nitrogen and oxygen atoms in total. The van der Waals surface area contributed by atoms with Crippen LogP contribution in [0, 0.1) is 0 Å². The molecular formula is C15H26N2O3S2. The number of thiazole rings is 1. The Morgan fingerprint density at radius 2 is 2.14 bits per heavy atom. The minimum atomic E-state index is -3.28. The lowest BCUT2D eigenvalue weighted by molar-refractivity contribution is 0.0689. The summed E-state index contributed by atoms with van der Waals surface area (Å²) in [6.45, 7) is 8.75. The molecule has 0 radical (unpaired) electrons. The highest BCUT2D eigenvalue weighted by Crippen LogP contribution is 2.25. The van der Waals surface area contributed by atoms with Crippen LogP contribution in [0.1, 0.15) is 51.2 Å². The molecule has 0 amide bonds.